The zero-order chi connectivity index (χ0) is 12.3. The number of rotatable bonds is 3. The SMILES string of the molecule is NC(=O)C1CC[NH+](Cc2ccccc2Cl)CC1. The summed E-state index contributed by atoms with van der Waals surface area (Å²) in [5.74, 6) is -0.0770. The number of nitrogens with one attached hydrogen (secondary N) is 1. The quantitative estimate of drug-likeness (QED) is 0.815. The van der Waals surface area contributed by atoms with Gasteiger partial charge in [0.25, 0.3) is 0 Å². The summed E-state index contributed by atoms with van der Waals surface area (Å²) in [6.45, 7) is 2.93. The van der Waals surface area contributed by atoms with E-state index in [1.807, 2.05) is 18.2 Å². The average Bonchev–Trinajstić information content (AvgIpc) is 2.33. The standard InChI is InChI=1S/C13H17ClN2O/c14-12-4-2-1-3-11(12)9-16-7-5-10(6-8-16)13(15)17/h1-4,10H,5-9H2,(H2,15,17)/p+1. The second-order valence-corrected chi connectivity index (χ2v) is 5.10. The molecule has 1 aliphatic rings. The number of halogens is 1. The van der Waals surface area contributed by atoms with Crippen LogP contribution < -0.4 is 10.6 Å². The highest BCUT2D eigenvalue weighted by Gasteiger charge is 2.25. The first kappa shape index (κ1) is 12.4. The van der Waals surface area contributed by atoms with Gasteiger partial charge in [-0.15, -0.1) is 0 Å². The molecule has 4 heteroatoms. The molecule has 2 rings (SSSR count). The maximum Gasteiger partial charge on any atom is 0.220 e. The summed E-state index contributed by atoms with van der Waals surface area (Å²) in [6.07, 6.45) is 1.80. The van der Waals surface area contributed by atoms with Crippen molar-refractivity contribution in [3.63, 3.8) is 0 Å². The van der Waals surface area contributed by atoms with E-state index in [2.05, 4.69) is 6.07 Å². The predicted octanol–water partition coefficient (Wildman–Crippen LogP) is 0.620. The second-order valence-electron chi connectivity index (χ2n) is 4.69. The van der Waals surface area contributed by atoms with E-state index in [0.29, 0.717) is 0 Å². The van der Waals surface area contributed by atoms with Crippen LogP contribution in [0.15, 0.2) is 24.3 Å². The Morgan fingerprint density at radius 3 is 2.59 bits per heavy atom. The van der Waals surface area contributed by atoms with E-state index >= 15 is 0 Å². The summed E-state index contributed by atoms with van der Waals surface area (Å²) < 4.78 is 0. The van der Waals surface area contributed by atoms with Crippen LogP contribution >= 0.6 is 11.6 Å². The predicted molar refractivity (Wildman–Crippen MR) is 67.8 cm³/mol. The molecule has 1 aliphatic heterocycles. The van der Waals surface area contributed by atoms with Crippen molar-refractivity contribution in [3.8, 4) is 0 Å². The Hall–Kier alpha value is -1.06. The van der Waals surface area contributed by atoms with E-state index in [0.717, 1.165) is 37.5 Å². The van der Waals surface area contributed by atoms with Gasteiger partial charge in [-0.05, 0) is 6.07 Å². The molecule has 0 aliphatic carbocycles. The smallest absolute Gasteiger partial charge is 0.220 e. The van der Waals surface area contributed by atoms with E-state index in [9.17, 15) is 4.79 Å². The lowest BCUT2D eigenvalue weighted by Gasteiger charge is -2.27. The number of amides is 1. The molecule has 1 fully saturated rings. The number of piperidine rings is 1. The lowest BCUT2D eigenvalue weighted by molar-refractivity contribution is -0.919. The molecule has 92 valence electrons. The summed E-state index contributed by atoms with van der Waals surface area (Å²) in [5.41, 5.74) is 6.50. The van der Waals surface area contributed by atoms with E-state index in [-0.39, 0.29) is 11.8 Å². The average molecular weight is 254 g/mol. The van der Waals surface area contributed by atoms with Crippen molar-refractivity contribution in [2.45, 2.75) is 19.4 Å². The number of carbonyl (C=O) groups excluding carboxylic acids is 1. The van der Waals surface area contributed by atoms with Crippen LogP contribution in [-0.4, -0.2) is 19.0 Å². The van der Waals surface area contributed by atoms with Gasteiger partial charge in [-0.2, -0.15) is 0 Å². The van der Waals surface area contributed by atoms with Crippen LogP contribution in [0.3, 0.4) is 0 Å². The van der Waals surface area contributed by atoms with Crippen molar-refractivity contribution in [2.75, 3.05) is 13.1 Å². The van der Waals surface area contributed by atoms with Gasteiger partial charge in [0.05, 0.1) is 13.1 Å². The van der Waals surface area contributed by atoms with E-state index in [1.165, 1.54) is 10.5 Å². The third-order valence-corrected chi connectivity index (χ3v) is 3.86. The highest BCUT2D eigenvalue weighted by Crippen LogP contribution is 2.14. The van der Waals surface area contributed by atoms with Crippen molar-refractivity contribution in [1.82, 2.24) is 0 Å². The second kappa shape index (κ2) is 5.52. The van der Waals surface area contributed by atoms with E-state index in [4.69, 9.17) is 17.3 Å². The number of quaternary nitrogens is 1. The Kier molecular flexibility index (Phi) is 4.02. The Balaban J connectivity index is 1.90. The fourth-order valence-corrected chi connectivity index (χ4v) is 2.60. The minimum absolute atomic E-state index is 0.0741. The highest BCUT2D eigenvalue weighted by atomic mass is 35.5. The Morgan fingerprint density at radius 1 is 1.35 bits per heavy atom. The normalized spacial score (nSPS) is 24.5. The fourth-order valence-electron chi connectivity index (χ4n) is 2.40. The van der Waals surface area contributed by atoms with Crippen LogP contribution in [-0.2, 0) is 11.3 Å². The zero-order valence-electron chi connectivity index (χ0n) is 9.79. The van der Waals surface area contributed by atoms with Gasteiger partial charge in [0.2, 0.25) is 5.91 Å². The van der Waals surface area contributed by atoms with Crippen molar-refractivity contribution in [3.05, 3.63) is 34.9 Å². The monoisotopic (exact) mass is 253 g/mol. The molecule has 1 aromatic rings. The first-order chi connectivity index (χ1) is 8.16. The van der Waals surface area contributed by atoms with Crippen molar-refractivity contribution >= 4 is 17.5 Å². The summed E-state index contributed by atoms with van der Waals surface area (Å²) in [4.78, 5) is 12.5. The summed E-state index contributed by atoms with van der Waals surface area (Å²) in [5, 5.41) is 0.831. The Morgan fingerprint density at radius 2 is 2.00 bits per heavy atom. The molecule has 0 spiro atoms. The topological polar surface area (TPSA) is 47.5 Å². The minimum Gasteiger partial charge on any atom is -0.369 e. The molecule has 0 atom stereocenters. The molecule has 17 heavy (non-hydrogen) atoms. The minimum atomic E-state index is -0.151. The number of primary amides is 1. The maximum absolute atomic E-state index is 11.1. The van der Waals surface area contributed by atoms with Crippen LogP contribution in [0, 0.1) is 5.92 Å². The summed E-state index contributed by atoms with van der Waals surface area (Å²) in [7, 11) is 0. The number of benzene rings is 1. The van der Waals surface area contributed by atoms with E-state index < -0.39 is 0 Å². The zero-order valence-corrected chi connectivity index (χ0v) is 10.5. The molecule has 1 heterocycles. The number of carbonyl (C=O) groups is 1. The van der Waals surface area contributed by atoms with Crippen LogP contribution in [0.1, 0.15) is 18.4 Å². The largest absolute Gasteiger partial charge is 0.369 e. The molecule has 3 nitrogen and oxygen atoms in total. The van der Waals surface area contributed by atoms with Crippen LogP contribution in [0.4, 0.5) is 0 Å². The third kappa shape index (κ3) is 3.20. The molecule has 0 bridgehead atoms. The molecule has 0 aromatic heterocycles. The van der Waals surface area contributed by atoms with Gasteiger partial charge in [-0.25, -0.2) is 0 Å². The van der Waals surface area contributed by atoms with Gasteiger partial charge in [0.1, 0.15) is 6.54 Å². The Bertz CT molecular complexity index is 400. The maximum atomic E-state index is 11.1. The first-order valence-corrected chi connectivity index (χ1v) is 6.41. The van der Waals surface area contributed by atoms with Crippen LogP contribution in [0.2, 0.25) is 5.02 Å². The first-order valence-electron chi connectivity index (χ1n) is 6.03. The number of hydrogen-bond acceptors (Lipinski definition) is 1. The van der Waals surface area contributed by atoms with Gasteiger partial charge >= 0.3 is 0 Å². The molecule has 0 saturated carbocycles. The molecular formula is C13H18ClN2O+. The lowest BCUT2D eigenvalue weighted by Crippen LogP contribution is -3.11. The van der Waals surface area contributed by atoms with Gasteiger partial charge < -0.3 is 10.6 Å². The van der Waals surface area contributed by atoms with Gasteiger partial charge in [-0.3, -0.25) is 4.79 Å². The lowest BCUT2D eigenvalue weighted by atomic mass is 9.96. The number of likely N-dealkylation sites (tertiary alicyclic amines) is 1. The molecule has 0 radical (unpaired) electrons. The fraction of sp³-hybridized carbons (Fsp3) is 0.462. The van der Waals surface area contributed by atoms with Gasteiger partial charge in [0.15, 0.2) is 0 Å². The molecule has 1 amide bonds. The highest BCUT2D eigenvalue weighted by molar-refractivity contribution is 6.31. The molecular weight excluding hydrogens is 236 g/mol. The number of nitrogens with two attached hydrogens (primary N) is 1. The van der Waals surface area contributed by atoms with Gasteiger partial charge in [0, 0.05) is 29.3 Å². The van der Waals surface area contributed by atoms with Crippen LogP contribution in [0.25, 0.3) is 0 Å². The van der Waals surface area contributed by atoms with Crippen molar-refractivity contribution in [2.24, 2.45) is 11.7 Å². The molecule has 3 N–H and O–H groups in total. The Labute approximate surface area is 107 Å². The van der Waals surface area contributed by atoms with E-state index in [1.54, 1.807) is 0 Å². The molecule has 1 saturated heterocycles. The summed E-state index contributed by atoms with van der Waals surface area (Å²) >= 11 is 6.14. The van der Waals surface area contributed by atoms with Crippen molar-refractivity contribution in [1.29, 1.82) is 0 Å². The summed E-state index contributed by atoms with van der Waals surface area (Å²) in [6, 6.07) is 7.94. The van der Waals surface area contributed by atoms with Crippen LogP contribution in [0.5, 0.6) is 0 Å². The van der Waals surface area contributed by atoms with Crippen molar-refractivity contribution < 1.29 is 9.69 Å². The third-order valence-electron chi connectivity index (χ3n) is 3.49. The van der Waals surface area contributed by atoms with Gasteiger partial charge in [-0.1, -0.05) is 29.8 Å². The number of hydrogen-bond donors (Lipinski definition) is 2. The molecule has 1 aromatic carbocycles. The molecule has 0 unspecified atom stereocenters.